The van der Waals surface area contributed by atoms with Crippen LogP contribution in [0.4, 0.5) is 10.5 Å². The minimum Gasteiger partial charge on any atom is -0.377 e. The highest BCUT2D eigenvalue weighted by molar-refractivity contribution is 7.93. The quantitative estimate of drug-likeness (QED) is 0.750. The molecule has 2 aliphatic heterocycles. The highest BCUT2D eigenvalue weighted by Crippen LogP contribution is 2.40. The number of nitrogens with zero attached hydrogens (tertiary/aromatic N) is 3. The Balaban J connectivity index is 1.41. The summed E-state index contributed by atoms with van der Waals surface area (Å²) in [5.74, 6) is 0. The number of amides is 2. The lowest BCUT2D eigenvalue weighted by Crippen LogP contribution is -2.58. The number of hydrazone groups is 1. The maximum atomic E-state index is 13.4. The van der Waals surface area contributed by atoms with Crippen molar-refractivity contribution in [3.05, 3.63) is 28.3 Å². The molecular weight excluding hydrogens is 406 g/mol. The highest BCUT2D eigenvalue weighted by Gasteiger charge is 2.52. The van der Waals surface area contributed by atoms with E-state index in [4.69, 9.17) is 14.6 Å². The average Bonchev–Trinajstić information content (AvgIpc) is 3.29. The summed E-state index contributed by atoms with van der Waals surface area (Å²) < 4.78 is 27.3. The number of rotatable bonds is 3. The van der Waals surface area contributed by atoms with Crippen molar-refractivity contribution >= 4 is 27.8 Å². The number of ether oxygens (including phenoxy) is 2. The van der Waals surface area contributed by atoms with Crippen LogP contribution in [0.1, 0.15) is 35.6 Å². The molecule has 1 fully saturated rings. The Morgan fingerprint density at radius 3 is 2.87 bits per heavy atom. The van der Waals surface area contributed by atoms with Crippen LogP contribution in [0, 0.1) is 0 Å². The third kappa shape index (κ3) is 2.96. The summed E-state index contributed by atoms with van der Waals surface area (Å²) in [6.07, 6.45) is 5.72. The molecule has 0 saturated carbocycles. The molecule has 4 unspecified atom stereocenters. The van der Waals surface area contributed by atoms with Crippen LogP contribution >= 0.6 is 0 Å². The predicted octanol–water partition coefficient (Wildman–Crippen LogP) is 1.58. The van der Waals surface area contributed by atoms with Crippen LogP contribution in [0.15, 0.2) is 15.5 Å². The van der Waals surface area contributed by atoms with Gasteiger partial charge in [-0.15, -0.1) is 4.36 Å². The van der Waals surface area contributed by atoms with Crippen LogP contribution in [0.25, 0.3) is 0 Å². The fourth-order valence-electron chi connectivity index (χ4n) is 4.77. The molecule has 1 saturated heterocycles. The molecule has 10 heteroatoms. The van der Waals surface area contributed by atoms with Crippen molar-refractivity contribution in [2.75, 3.05) is 25.6 Å². The minimum absolute atomic E-state index is 0.131. The van der Waals surface area contributed by atoms with Gasteiger partial charge >= 0.3 is 6.03 Å². The molecule has 1 aromatic rings. The van der Waals surface area contributed by atoms with Gasteiger partial charge < -0.3 is 14.8 Å². The van der Waals surface area contributed by atoms with Crippen molar-refractivity contribution in [3.8, 4) is 0 Å². The number of anilines is 1. The summed E-state index contributed by atoms with van der Waals surface area (Å²) >= 11 is 0. The van der Waals surface area contributed by atoms with E-state index in [0.717, 1.165) is 37.8 Å². The Morgan fingerprint density at radius 1 is 1.37 bits per heavy atom. The Labute approximate surface area is 176 Å². The lowest BCUT2D eigenvalue weighted by atomic mass is 9.83. The van der Waals surface area contributed by atoms with E-state index in [2.05, 4.69) is 20.8 Å². The first-order valence-electron chi connectivity index (χ1n) is 10.3. The molecule has 3 N–H and O–H groups in total. The molecule has 2 heterocycles. The van der Waals surface area contributed by atoms with Gasteiger partial charge in [-0.25, -0.2) is 14.1 Å². The molecular formula is C20H27N5O4S. The molecule has 4 aliphatic rings. The van der Waals surface area contributed by atoms with Crippen LogP contribution in [-0.4, -0.2) is 58.8 Å². The number of nitrogens with one attached hydrogen (secondary N) is 1. The Morgan fingerprint density at radius 2 is 2.13 bits per heavy atom. The van der Waals surface area contributed by atoms with Gasteiger partial charge in [-0.2, -0.15) is 5.10 Å². The van der Waals surface area contributed by atoms with Gasteiger partial charge in [0, 0.05) is 19.0 Å². The predicted molar refractivity (Wildman–Crippen MR) is 114 cm³/mol. The van der Waals surface area contributed by atoms with Gasteiger partial charge in [0.15, 0.2) is 6.23 Å². The maximum Gasteiger partial charge on any atom is 0.354 e. The van der Waals surface area contributed by atoms with Gasteiger partial charge in [0.1, 0.15) is 14.7 Å². The van der Waals surface area contributed by atoms with Gasteiger partial charge in [0.25, 0.3) is 0 Å². The number of aryl methyl sites for hydroxylation is 2. The number of carbonyl (C=O) groups is 1. The first kappa shape index (κ1) is 19.9. The van der Waals surface area contributed by atoms with Crippen molar-refractivity contribution in [1.82, 2.24) is 5.01 Å². The second-order valence-corrected chi connectivity index (χ2v) is 10.8. The molecule has 2 aliphatic carbocycles. The summed E-state index contributed by atoms with van der Waals surface area (Å²) in [4.78, 5) is 12.8. The molecule has 9 nitrogen and oxygen atoms in total. The van der Waals surface area contributed by atoms with E-state index >= 15 is 0 Å². The first-order valence-corrected chi connectivity index (χ1v) is 11.9. The zero-order valence-electron chi connectivity index (χ0n) is 17.2. The number of benzene rings is 1. The molecule has 0 aromatic heterocycles. The van der Waals surface area contributed by atoms with Gasteiger partial charge in [-0.1, -0.05) is 6.07 Å². The Kier molecular flexibility index (Phi) is 4.66. The molecule has 0 spiro atoms. The van der Waals surface area contributed by atoms with Gasteiger partial charge in [0.2, 0.25) is 0 Å². The summed E-state index contributed by atoms with van der Waals surface area (Å²) in [6.45, 7) is 2.50. The number of urea groups is 1. The molecule has 2 amide bonds. The Bertz CT molecular complexity index is 1060. The summed E-state index contributed by atoms with van der Waals surface area (Å²) in [7, 11) is -1.88. The van der Waals surface area contributed by atoms with Crippen LogP contribution < -0.4 is 10.5 Å². The van der Waals surface area contributed by atoms with E-state index in [1.165, 1.54) is 28.5 Å². The monoisotopic (exact) mass is 433 g/mol. The van der Waals surface area contributed by atoms with Crippen molar-refractivity contribution < 1.29 is 18.5 Å². The number of fused-ring (bicyclic) bond motifs is 3. The molecule has 0 radical (unpaired) electrons. The molecule has 30 heavy (non-hydrogen) atoms. The van der Waals surface area contributed by atoms with Crippen molar-refractivity contribution in [2.45, 2.75) is 56.1 Å². The molecule has 162 valence electrons. The lowest BCUT2D eigenvalue weighted by molar-refractivity contribution is -0.147. The smallest absolute Gasteiger partial charge is 0.354 e. The highest BCUT2D eigenvalue weighted by atomic mass is 32.2. The fourth-order valence-corrected chi connectivity index (χ4v) is 5.94. The molecule has 5 rings (SSSR count). The maximum absolute atomic E-state index is 13.4. The standard InChI is InChI=1S/C20H27N5O4S/c1-20(11-22-25-9-14(28-2)10-29-18(20)25)30(21,27)24-19(26)23-17-15-5-3-4-12(15)8-13-6-7-16(13)17/h8,11,14,18H,3-7,9-10H2,1-2H3,(H3,21,23,24,26,27). The van der Waals surface area contributed by atoms with E-state index in [1.807, 2.05) is 0 Å². The first-order chi connectivity index (χ1) is 14.3. The second-order valence-electron chi connectivity index (χ2n) is 8.56. The lowest BCUT2D eigenvalue weighted by Gasteiger charge is -2.39. The van der Waals surface area contributed by atoms with Crippen LogP contribution in [0.3, 0.4) is 0 Å². The average molecular weight is 434 g/mol. The topological polar surface area (TPSA) is 119 Å². The number of hydrogen-bond acceptors (Lipinski definition) is 6. The van der Waals surface area contributed by atoms with Gasteiger partial charge in [-0.3, -0.25) is 5.01 Å². The molecule has 4 atom stereocenters. The fraction of sp³-hybridized carbons (Fsp3) is 0.600. The van der Waals surface area contributed by atoms with Gasteiger partial charge in [-0.05, 0) is 61.3 Å². The van der Waals surface area contributed by atoms with Crippen LogP contribution in [-0.2, 0) is 45.1 Å². The van der Waals surface area contributed by atoms with E-state index < -0.39 is 26.9 Å². The summed E-state index contributed by atoms with van der Waals surface area (Å²) in [6, 6.07) is 1.58. The molecule has 0 bridgehead atoms. The van der Waals surface area contributed by atoms with Gasteiger partial charge in [0.05, 0.1) is 19.3 Å². The number of methoxy groups -OCH3 is 1. The second kappa shape index (κ2) is 7.01. The number of hydrogen-bond donors (Lipinski definition) is 2. The van der Waals surface area contributed by atoms with Crippen LogP contribution in [0.5, 0.6) is 0 Å². The van der Waals surface area contributed by atoms with Crippen LogP contribution in [0.2, 0.25) is 0 Å². The SMILES string of the molecule is COC1COC2N(C1)N=CC2(C)S(N)(=O)=NC(=O)Nc1c2c(cc3c1CC3)CCC2. The third-order valence-electron chi connectivity index (χ3n) is 6.71. The van der Waals surface area contributed by atoms with Crippen molar-refractivity contribution in [2.24, 2.45) is 14.6 Å². The third-order valence-corrected chi connectivity index (χ3v) is 8.72. The van der Waals surface area contributed by atoms with E-state index in [9.17, 15) is 9.00 Å². The van der Waals surface area contributed by atoms with E-state index in [1.54, 1.807) is 19.0 Å². The van der Waals surface area contributed by atoms with Crippen molar-refractivity contribution in [1.29, 1.82) is 0 Å². The molecule has 1 aromatic carbocycles. The zero-order chi connectivity index (χ0) is 21.1. The number of nitrogens with two attached hydrogens (primary N) is 1. The minimum atomic E-state index is -3.49. The largest absolute Gasteiger partial charge is 0.377 e. The van der Waals surface area contributed by atoms with E-state index in [-0.39, 0.29) is 6.10 Å². The summed E-state index contributed by atoms with van der Waals surface area (Å²) in [5.41, 5.74) is 5.78. The number of carbonyl (C=O) groups excluding carboxylic acids is 1. The zero-order valence-corrected chi connectivity index (χ0v) is 18.0. The van der Waals surface area contributed by atoms with E-state index in [0.29, 0.717) is 13.2 Å². The Hall–Kier alpha value is -2.01. The summed E-state index contributed by atoms with van der Waals surface area (Å²) in [5, 5.41) is 15.0. The van der Waals surface area contributed by atoms with Crippen molar-refractivity contribution in [3.63, 3.8) is 0 Å². The normalized spacial score (nSPS) is 30.7.